The molecule has 2 aromatic carbocycles. The zero-order valence-electron chi connectivity index (χ0n) is 14.8. The highest BCUT2D eigenvalue weighted by Crippen LogP contribution is 2.17. The van der Waals surface area contributed by atoms with Crippen molar-refractivity contribution in [3.8, 4) is 11.4 Å². The fraction of sp³-hybridized carbons (Fsp3) is 0.150. The first-order valence-corrected chi connectivity index (χ1v) is 8.92. The van der Waals surface area contributed by atoms with E-state index in [2.05, 4.69) is 34.5 Å². The quantitative estimate of drug-likeness (QED) is 0.507. The second-order valence-electron chi connectivity index (χ2n) is 6.24. The summed E-state index contributed by atoms with van der Waals surface area (Å²) in [5, 5.41) is 13.3. The Kier molecular flexibility index (Phi) is 4.89. The van der Waals surface area contributed by atoms with Crippen molar-refractivity contribution in [3.05, 3.63) is 89.0 Å². The van der Waals surface area contributed by atoms with Gasteiger partial charge in [-0.05, 0) is 30.7 Å². The van der Waals surface area contributed by atoms with E-state index in [1.54, 1.807) is 15.6 Å². The molecule has 0 amide bonds. The molecule has 0 spiro atoms. The molecule has 27 heavy (non-hydrogen) atoms. The lowest BCUT2D eigenvalue weighted by atomic mass is 10.2. The van der Waals surface area contributed by atoms with Crippen molar-refractivity contribution < 1.29 is 4.74 Å². The minimum absolute atomic E-state index is 0.322. The predicted molar refractivity (Wildman–Crippen MR) is 103 cm³/mol. The van der Waals surface area contributed by atoms with E-state index in [-0.39, 0.29) is 0 Å². The predicted octanol–water partition coefficient (Wildman–Crippen LogP) is 4.05. The number of hydrogen-bond donors (Lipinski definition) is 0. The van der Waals surface area contributed by atoms with Crippen LogP contribution >= 0.6 is 11.6 Å². The molecule has 136 valence electrons. The van der Waals surface area contributed by atoms with Gasteiger partial charge in [-0.25, -0.2) is 9.36 Å². The van der Waals surface area contributed by atoms with Crippen LogP contribution in [0, 0.1) is 6.92 Å². The molecule has 0 aliphatic heterocycles. The number of benzene rings is 2. The highest BCUT2D eigenvalue weighted by atomic mass is 35.5. The van der Waals surface area contributed by atoms with Gasteiger partial charge in [0.25, 0.3) is 0 Å². The van der Waals surface area contributed by atoms with Gasteiger partial charge in [-0.1, -0.05) is 52.7 Å². The SMILES string of the molecule is Cc1ccc(-n2cc(OCc3cn(Cc4ccccc4Cl)nn3)cn2)cc1. The van der Waals surface area contributed by atoms with Gasteiger partial charge in [0.15, 0.2) is 5.75 Å². The van der Waals surface area contributed by atoms with Crippen molar-refractivity contribution in [1.29, 1.82) is 0 Å². The van der Waals surface area contributed by atoms with E-state index in [0.29, 0.717) is 23.9 Å². The number of halogens is 1. The van der Waals surface area contributed by atoms with Crippen molar-refractivity contribution in [2.75, 3.05) is 0 Å². The van der Waals surface area contributed by atoms with Crippen molar-refractivity contribution in [2.24, 2.45) is 0 Å². The van der Waals surface area contributed by atoms with Crippen LogP contribution in [-0.2, 0) is 13.2 Å². The number of aryl methyl sites for hydroxylation is 1. The van der Waals surface area contributed by atoms with E-state index < -0.39 is 0 Å². The number of ether oxygens (including phenoxy) is 1. The average Bonchev–Trinajstić information content (AvgIpc) is 3.32. The van der Waals surface area contributed by atoms with E-state index in [4.69, 9.17) is 16.3 Å². The summed E-state index contributed by atoms with van der Waals surface area (Å²) < 4.78 is 9.31. The van der Waals surface area contributed by atoms with E-state index in [1.807, 2.05) is 48.8 Å². The Bertz CT molecular complexity index is 1040. The van der Waals surface area contributed by atoms with Crippen LogP contribution in [0.2, 0.25) is 5.02 Å². The van der Waals surface area contributed by atoms with Gasteiger partial charge in [0, 0.05) is 5.02 Å². The largest absolute Gasteiger partial charge is 0.484 e. The normalized spacial score (nSPS) is 10.9. The molecule has 0 aliphatic rings. The van der Waals surface area contributed by atoms with Crippen LogP contribution in [0.5, 0.6) is 5.75 Å². The van der Waals surface area contributed by atoms with Crippen molar-refractivity contribution in [2.45, 2.75) is 20.1 Å². The van der Waals surface area contributed by atoms with Gasteiger partial charge in [0.1, 0.15) is 12.3 Å². The van der Waals surface area contributed by atoms with Gasteiger partial charge in [-0.15, -0.1) is 5.10 Å². The van der Waals surface area contributed by atoms with Crippen LogP contribution in [0.1, 0.15) is 16.8 Å². The third-order valence-corrected chi connectivity index (χ3v) is 4.49. The Balaban J connectivity index is 1.38. The Morgan fingerprint density at radius 3 is 2.67 bits per heavy atom. The fourth-order valence-corrected chi connectivity index (χ4v) is 2.86. The first-order chi connectivity index (χ1) is 13.2. The van der Waals surface area contributed by atoms with E-state index in [0.717, 1.165) is 16.9 Å². The Labute approximate surface area is 162 Å². The standard InChI is InChI=1S/C20H18ClN5O/c1-15-6-8-18(9-7-15)26-13-19(10-22-26)27-14-17-12-25(24-23-17)11-16-4-2-3-5-20(16)21/h2-10,12-13H,11,14H2,1H3. The lowest BCUT2D eigenvalue weighted by Gasteiger charge is -2.03. The first-order valence-electron chi connectivity index (χ1n) is 8.54. The summed E-state index contributed by atoms with van der Waals surface area (Å²) in [4.78, 5) is 0. The molecule has 2 aromatic heterocycles. The van der Waals surface area contributed by atoms with Gasteiger partial charge in [-0.2, -0.15) is 5.10 Å². The molecule has 6 nitrogen and oxygen atoms in total. The summed E-state index contributed by atoms with van der Waals surface area (Å²) in [6.45, 7) is 2.94. The smallest absolute Gasteiger partial charge is 0.158 e. The molecule has 4 rings (SSSR count). The molecule has 2 heterocycles. The molecular formula is C20H18ClN5O. The Morgan fingerprint density at radius 2 is 1.85 bits per heavy atom. The van der Waals surface area contributed by atoms with Crippen molar-refractivity contribution in [1.82, 2.24) is 24.8 Å². The van der Waals surface area contributed by atoms with E-state index in [1.165, 1.54) is 5.56 Å². The molecule has 0 atom stereocenters. The van der Waals surface area contributed by atoms with Gasteiger partial charge in [0.2, 0.25) is 0 Å². The summed E-state index contributed by atoms with van der Waals surface area (Å²) in [7, 11) is 0. The second-order valence-corrected chi connectivity index (χ2v) is 6.65. The van der Waals surface area contributed by atoms with Gasteiger partial charge in [0.05, 0.1) is 30.8 Å². The second kappa shape index (κ2) is 7.63. The molecule has 4 aromatic rings. The molecule has 0 saturated carbocycles. The maximum Gasteiger partial charge on any atom is 0.158 e. The van der Waals surface area contributed by atoms with E-state index >= 15 is 0 Å². The number of rotatable bonds is 6. The minimum atomic E-state index is 0.322. The van der Waals surface area contributed by atoms with Crippen molar-refractivity contribution >= 4 is 11.6 Å². The molecule has 0 N–H and O–H groups in total. The third-order valence-electron chi connectivity index (χ3n) is 4.12. The summed E-state index contributed by atoms with van der Waals surface area (Å²) in [5.41, 5.74) is 3.93. The topological polar surface area (TPSA) is 57.8 Å². The summed E-state index contributed by atoms with van der Waals surface area (Å²) in [6.07, 6.45) is 5.39. The monoisotopic (exact) mass is 379 g/mol. The van der Waals surface area contributed by atoms with Gasteiger partial charge >= 0.3 is 0 Å². The minimum Gasteiger partial charge on any atom is -0.484 e. The molecule has 0 fully saturated rings. The average molecular weight is 380 g/mol. The highest BCUT2D eigenvalue weighted by molar-refractivity contribution is 6.31. The summed E-state index contributed by atoms with van der Waals surface area (Å²) in [5.74, 6) is 0.677. The number of nitrogens with zero attached hydrogens (tertiary/aromatic N) is 5. The summed E-state index contributed by atoms with van der Waals surface area (Å²) >= 11 is 6.19. The lowest BCUT2D eigenvalue weighted by Crippen LogP contribution is -2.00. The van der Waals surface area contributed by atoms with Gasteiger partial charge in [-0.3, -0.25) is 0 Å². The lowest BCUT2D eigenvalue weighted by molar-refractivity contribution is 0.301. The molecular weight excluding hydrogens is 362 g/mol. The highest BCUT2D eigenvalue weighted by Gasteiger charge is 2.07. The van der Waals surface area contributed by atoms with Crippen LogP contribution in [0.25, 0.3) is 5.69 Å². The summed E-state index contributed by atoms with van der Waals surface area (Å²) in [6, 6.07) is 15.8. The fourth-order valence-electron chi connectivity index (χ4n) is 2.66. The van der Waals surface area contributed by atoms with Crippen LogP contribution < -0.4 is 4.74 Å². The molecule has 0 bridgehead atoms. The van der Waals surface area contributed by atoms with Crippen LogP contribution in [0.4, 0.5) is 0 Å². The zero-order valence-corrected chi connectivity index (χ0v) is 15.5. The molecule has 7 heteroatoms. The van der Waals surface area contributed by atoms with E-state index in [9.17, 15) is 0 Å². The van der Waals surface area contributed by atoms with Crippen LogP contribution in [0.3, 0.4) is 0 Å². The van der Waals surface area contributed by atoms with Crippen LogP contribution in [-0.4, -0.2) is 24.8 Å². The van der Waals surface area contributed by atoms with Crippen LogP contribution in [0.15, 0.2) is 67.1 Å². The number of hydrogen-bond acceptors (Lipinski definition) is 4. The molecule has 0 unspecified atom stereocenters. The van der Waals surface area contributed by atoms with Gasteiger partial charge < -0.3 is 4.74 Å². The maximum atomic E-state index is 6.19. The Morgan fingerprint density at radius 1 is 1.04 bits per heavy atom. The van der Waals surface area contributed by atoms with Crippen molar-refractivity contribution in [3.63, 3.8) is 0 Å². The molecule has 0 radical (unpaired) electrons. The zero-order chi connectivity index (χ0) is 18.6. The third kappa shape index (κ3) is 4.17. The number of aromatic nitrogens is 5. The maximum absolute atomic E-state index is 6.19. The molecule has 0 aliphatic carbocycles. The Hall–Kier alpha value is -3.12. The molecule has 0 saturated heterocycles. The first kappa shape index (κ1) is 17.3.